The van der Waals surface area contributed by atoms with Gasteiger partial charge in [0, 0.05) is 7.05 Å². The lowest BCUT2D eigenvalue weighted by atomic mass is 10.2. The molecule has 0 saturated carbocycles. The molecule has 0 saturated heterocycles. The van der Waals surface area contributed by atoms with E-state index in [1.807, 2.05) is 18.2 Å². The van der Waals surface area contributed by atoms with Crippen molar-refractivity contribution in [2.45, 2.75) is 23.5 Å². The van der Waals surface area contributed by atoms with Crippen LogP contribution in [0.5, 0.6) is 11.5 Å². The first-order chi connectivity index (χ1) is 12.1. The second-order valence-electron chi connectivity index (χ2n) is 5.10. The summed E-state index contributed by atoms with van der Waals surface area (Å²) in [4.78, 5) is 23.0. The highest BCUT2D eigenvalue weighted by molar-refractivity contribution is 8.00. The summed E-state index contributed by atoms with van der Waals surface area (Å²) in [6, 6.07) is 6.73. The van der Waals surface area contributed by atoms with Crippen molar-refractivity contribution >= 4 is 23.7 Å². The van der Waals surface area contributed by atoms with Gasteiger partial charge in [-0.05, 0) is 19.1 Å². The third kappa shape index (κ3) is 4.02. The minimum absolute atomic E-state index is 0.206. The van der Waals surface area contributed by atoms with Crippen LogP contribution >= 0.6 is 11.8 Å². The van der Waals surface area contributed by atoms with E-state index in [0.717, 1.165) is 11.8 Å². The molecule has 10 heteroatoms. The van der Waals surface area contributed by atoms with Crippen molar-refractivity contribution in [2.75, 3.05) is 13.7 Å². The van der Waals surface area contributed by atoms with Crippen LogP contribution in [0.3, 0.4) is 0 Å². The van der Waals surface area contributed by atoms with Crippen LogP contribution in [-0.4, -0.2) is 41.0 Å². The van der Waals surface area contributed by atoms with Gasteiger partial charge in [0.05, 0.1) is 5.25 Å². The summed E-state index contributed by atoms with van der Waals surface area (Å²) >= 11 is 1.05. The molecule has 1 aliphatic rings. The Kier molecular flexibility index (Phi) is 5.08. The monoisotopic (exact) mass is 364 g/mol. The van der Waals surface area contributed by atoms with Gasteiger partial charge in [0.15, 0.2) is 11.5 Å². The van der Waals surface area contributed by atoms with Gasteiger partial charge >= 0.3 is 6.03 Å². The van der Waals surface area contributed by atoms with Gasteiger partial charge in [0.1, 0.15) is 6.61 Å². The van der Waals surface area contributed by atoms with Crippen LogP contribution < -0.4 is 20.1 Å². The third-order valence-corrected chi connectivity index (χ3v) is 4.25. The van der Waals surface area contributed by atoms with E-state index in [4.69, 9.17) is 13.9 Å². The minimum atomic E-state index is -0.588. The number of nitrogens with one attached hydrogen (secondary N) is 2. The molecular formula is C15H16N4O5S. The molecule has 2 atom stereocenters. The summed E-state index contributed by atoms with van der Waals surface area (Å²) in [6.45, 7) is 1.87. The number of nitrogens with zero attached hydrogens (tertiary/aromatic N) is 2. The highest BCUT2D eigenvalue weighted by Crippen LogP contribution is 2.36. The quantitative estimate of drug-likeness (QED) is 0.785. The summed E-state index contributed by atoms with van der Waals surface area (Å²) in [7, 11) is 1.43. The number of amides is 3. The molecule has 3 amide bonds. The van der Waals surface area contributed by atoms with E-state index in [9.17, 15) is 9.59 Å². The average Bonchev–Trinajstić information content (AvgIpc) is 3.09. The van der Waals surface area contributed by atoms with Gasteiger partial charge in [0.25, 0.3) is 11.1 Å². The lowest BCUT2D eigenvalue weighted by molar-refractivity contribution is -0.119. The van der Waals surface area contributed by atoms with Crippen molar-refractivity contribution in [1.82, 2.24) is 20.8 Å². The van der Waals surface area contributed by atoms with Crippen LogP contribution in [0.2, 0.25) is 0 Å². The topological polar surface area (TPSA) is 116 Å². The molecule has 0 fully saturated rings. The van der Waals surface area contributed by atoms with Crippen molar-refractivity contribution in [1.29, 1.82) is 0 Å². The van der Waals surface area contributed by atoms with E-state index >= 15 is 0 Å². The maximum Gasteiger partial charge on any atom is 0.321 e. The Bertz CT molecular complexity index is 781. The fraction of sp³-hybridized carbons (Fsp3) is 0.333. The summed E-state index contributed by atoms with van der Waals surface area (Å²) in [5.41, 5.74) is 0. The van der Waals surface area contributed by atoms with Gasteiger partial charge in [-0.2, -0.15) is 0 Å². The molecule has 2 aromatic rings. The third-order valence-electron chi connectivity index (χ3n) is 3.32. The number of aromatic nitrogens is 2. The number of ether oxygens (including phenoxy) is 2. The number of hydrogen-bond donors (Lipinski definition) is 2. The number of imide groups is 1. The van der Waals surface area contributed by atoms with Crippen molar-refractivity contribution in [3.05, 3.63) is 30.2 Å². The maximum atomic E-state index is 11.8. The van der Waals surface area contributed by atoms with Gasteiger partial charge in [0.2, 0.25) is 12.0 Å². The molecule has 0 spiro atoms. The van der Waals surface area contributed by atoms with E-state index in [2.05, 4.69) is 20.8 Å². The van der Waals surface area contributed by atoms with Crippen LogP contribution in [0.1, 0.15) is 18.9 Å². The molecule has 2 heterocycles. The van der Waals surface area contributed by atoms with Crippen molar-refractivity contribution in [2.24, 2.45) is 0 Å². The molecule has 0 bridgehead atoms. The maximum absolute atomic E-state index is 11.8. The number of hydrogen-bond acceptors (Lipinski definition) is 8. The van der Waals surface area contributed by atoms with Gasteiger partial charge in [-0.1, -0.05) is 23.9 Å². The average molecular weight is 364 g/mol. The van der Waals surface area contributed by atoms with Crippen molar-refractivity contribution in [3.63, 3.8) is 0 Å². The Morgan fingerprint density at radius 1 is 1.28 bits per heavy atom. The second-order valence-corrected chi connectivity index (χ2v) is 6.39. The molecule has 9 nitrogen and oxygen atoms in total. The number of carbonyl (C=O) groups excluding carboxylic acids is 2. The standard InChI is InChI=1S/C15H16N4O5S/c1-8(12(20)17-14(21)16-2)25-15-19-18-13(24-15)11-7-22-9-5-3-4-6-10(9)23-11/h3-6,8,11H,7H2,1-2H3,(H2,16,17,20,21)/t8-,11+/m0/s1. The van der Waals surface area contributed by atoms with Gasteiger partial charge in [-0.25, -0.2) is 4.79 Å². The van der Waals surface area contributed by atoms with Gasteiger partial charge in [-0.15, -0.1) is 10.2 Å². The Labute approximate surface area is 147 Å². The van der Waals surface area contributed by atoms with Gasteiger partial charge in [-0.3, -0.25) is 10.1 Å². The molecule has 1 aliphatic heterocycles. The molecular weight excluding hydrogens is 348 g/mol. The SMILES string of the molecule is CNC(=O)NC(=O)[C@H](C)Sc1nnc([C@H]2COc3ccccc3O2)o1. The fourth-order valence-corrected chi connectivity index (χ4v) is 2.71. The molecule has 1 aromatic heterocycles. The van der Waals surface area contributed by atoms with Crippen LogP contribution in [0.25, 0.3) is 0 Å². The molecule has 1 aromatic carbocycles. The number of benzene rings is 1. The smallest absolute Gasteiger partial charge is 0.321 e. The highest BCUT2D eigenvalue weighted by Gasteiger charge is 2.28. The van der Waals surface area contributed by atoms with Crippen LogP contribution in [0.4, 0.5) is 4.79 Å². The van der Waals surface area contributed by atoms with Gasteiger partial charge < -0.3 is 19.2 Å². The number of urea groups is 1. The largest absolute Gasteiger partial charge is 0.485 e. The number of fused-ring (bicyclic) bond motifs is 1. The first-order valence-corrected chi connectivity index (χ1v) is 8.36. The number of para-hydroxylation sites is 2. The Morgan fingerprint density at radius 2 is 2.04 bits per heavy atom. The van der Waals surface area contributed by atoms with E-state index < -0.39 is 23.3 Å². The molecule has 25 heavy (non-hydrogen) atoms. The van der Waals surface area contributed by atoms with E-state index in [1.165, 1.54) is 7.05 Å². The van der Waals surface area contributed by atoms with Crippen LogP contribution in [0, 0.1) is 0 Å². The summed E-state index contributed by atoms with van der Waals surface area (Å²) < 4.78 is 16.9. The number of carbonyl (C=O) groups is 2. The highest BCUT2D eigenvalue weighted by atomic mass is 32.2. The normalized spacial score (nSPS) is 16.8. The lowest BCUT2D eigenvalue weighted by Gasteiger charge is -2.23. The summed E-state index contributed by atoms with van der Waals surface area (Å²) in [5.74, 6) is 1.06. The molecule has 2 N–H and O–H groups in total. The molecule has 0 unspecified atom stereocenters. The lowest BCUT2D eigenvalue weighted by Crippen LogP contribution is -2.41. The second kappa shape index (κ2) is 7.43. The molecule has 3 rings (SSSR count). The van der Waals surface area contributed by atoms with E-state index in [-0.39, 0.29) is 17.7 Å². The predicted molar refractivity (Wildman–Crippen MR) is 87.5 cm³/mol. The first-order valence-electron chi connectivity index (χ1n) is 7.48. The zero-order valence-corrected chi connectivity index (χ0v) is 14.3. The molecule has 0 radical (unpaired) electrons. The van der Waals surface area contributed by atoms with Crippen molar-refractivity contribution < 1.29 is 23.5 Å². The molecule has 132 valence electrons. The zero-order chi connectivity index (χ0) is 17.8. The molecule has 0 aliphatic carbocycles. The zero-order valence-electron chi connectivity index (χ0n) is 13.5. The predicted octanol–water partition coefficient (Wildman–Crippen LogP) is 1.52. The summed E-state index contributed by atoms with van der Waals surface area (Å²) in [5, 5.41) is 12.0. The van der Waals surface area contributed by atoms with Crippen LogP contribution in [-0.2, 0) is 4.79 Å². The Balaban J connectivity index is 1.61. The Hall–Kier alpha value is -2.75. The number of rotatable bonds is 4. The van der Waals surface area contributed by atoms with Crippen molar-refractivity contribution in [3.8, 4) is 11.5 Å². The number of thioether (sulfide) groups is 1. The van der Waals surface area contributed by atoms with Crippen LogP contribution in [0.15, 0.2) is 33.9 Å². The minimum Gasteiger partial charge on any atom is -0.485 e. The fourth-order valence-electron chi connectivity index (χ4n) is 2.02. The van der Waals surface area contributed by atoms with E-state index in [1.54, 1.807) is 13.0 Å². The first kappa shape index (κ1) is 17.1. The Morgan fingerprint density at radius 3 is 2.80 bits per heavy atom. The summed E-state index contributed by atoms with van der Waals surface area (Å²) in [6.07, 6.45) is -0.522. The van der Waals surface area contributed by atoms with E-state index in [0.29, 0.717) is 11.5 Å².